The summed E-state index contributed by atoms with van der Waals surface area (Å²) in [7, 11) is 0. The molecule has 0 atom stereocenters. The average Bonchev–Trinajstić information content (AvgIpc) is 2.92. The van der Waals surface area contributed by atoms with Crippen LogP contribution in [-0.2, 0) is 0 Å². The van der Waals surface area contributed by atoms with Crippen LogP contribution in [0, 0.1) is 0 Å². The van der Waals surface area contributed by atoms with Gasteiger partial charge in [-0.25, -0.2) is 4.99 Å². The van der Waals surface area contributed by atoms with Crippen molar-refractivity contribution < 1.29 is 4.74 Å². The lowest BCUT2D eigenvalue weighted by Crippen LogP contribution is -2.20. The number of nitrogens with zero attached hydrogens (tertiary/aromatic N) is 4. The van der Waals surface area contributed by atoms with Gasteiger partial charge in [0.25, 0.3) is 0 Å². The van der Waals surface area contributed by atoms with Gasteiger partial charge in [-0.3, -0.25) is 4.40 Å². The number of benzene rings is 2. The van der Waals surface area contributed by atoms with E-state index in [9.17, 15) is 0 Å². The molecule has 2 heterocycles. The number of aromatic nitrogens is 3. The minimum Gasteiger partial charge on any atom is -0.491 e. The topological polar surface area (TPSA) is 77.8 Å². The largest absolute Gasteiger partial charge is 0.491 e. The number of rotatable bonds is 3. The summed E-state index contributed by atoms with van der Waals surface area (Å²) < 4.78 is 8.74. The van der Waals surface area contributed by atoms with Crippen molar-refractivity contribution in [3.05, 3.63) is 54.1 Å². The summed E-state index contributed by atoms with van der Waals surface area (Å²) in [6.45, 7) is 4.01. The molecule has 0 spiro atoms. The molecule has 7 heteroatoms. The molecule has 4 aromatic rings. The Morgan fingerprint density at radius 2 is 1.92 bits per heavy atom. The SMILES string of the molecule is CC(C)Oc1ccc2c(c1)sc1nc(N)n/c(=N\c3ccccc3)n12. The maximum Gasteiger partial charge on any atom is 0.240 e. The molecule has 0 unspecified atom stereocenters. The zero-order valence-corrected chi connectivity index (χ0v) is 14.7. The summed E-state index contributed by atoms with van der Waals surface area (Å²) in [6, 6.07) is 15.6. The van der Waals surface area contributed by atoms with E-state index in [4.69, 9.17) is 10.5 Å². The molecular weight excluding hydrogens is 334 g/mol. The minimum absolute atomic E-state index is 0.124. The van der Waals surface area contributed by atoms with Crippen molar-refractivity contribution in [3.8, 4) is 5.75 Å². The van der Waals surface area contributed by atoms with Crippen LogP contribution in [0.2, 0.25) is 0 Å². The summed E-state index contributed by atoms with van der Waals surface area (Å²) in [5.74, 6) is 1.04. The van der Waals surface area contributed by atoms with Crippen LogP contribution >= 0.6 is 11.3 Å². The number of nitrogen functional groups attached to an aromatic ring is 1. The maximum atomic E-state index is 5.88. The van der Waals surface area contributed by atoms with Crippen LogP contribution in [0.5, 0.6) is 5.75 Å². The van der Waals surface area contributed by atoms with Crippen molar-refractivity contribution in [1.29, 1.82) is 0 Å². The van der Waals surface area contributed by atoms with Gasteiger partial charge >= 0.3 is 0 Å². The molecule has 6 nitrogen and oxygen atoms in total. The van der Waals surface area contributed by atoms with Crippen molar-refractivity contribution in [3.63, 3.8) is 0 Å². The van der Waals surface area contributed by atoms with Gasteiger partial charge in [-0.2, -0.15) is 9.97 Å². The van der Waals surface area contributed by atoms with Crippen LogP contribution in [0.3, 0.4) is 0 Å². The molecule has 0 aliphatic carbocycles. The van der Waals surface area contributed by atoms with Crippen LogP contribution in [0.4, 0.5) is 11.6 Å². The molecule has 0 amide bonds. The molecule has 25 heavy (non-hydrogen) atoms. The van der Waals surface area contributed by atoms with Crippen LogP contribution in [-0.4, -0.2) is 20.5 Å². The number of anilines is 1. The van der Waals surface area contributed by atoms with E-state index < -0.39 is 0 Å². The van der Waals surface area contributed by atoms with E-state index in [-0.39, 0.29) is 12.1 Å². The first kappa shape index (κ1) is 15.6. The van der Waals surface area contributed by atoms with E-state index in [2.05, 4.69) is 15.0 Å². The van der Waals surface area contributed by atoms with Crippen LogP contribution in [0.1, 0.15) is 13.8 Å². The molecule has 126 valence electrons. The fraction of sp³-hybridized carbons (Fsp3) is 0.167. The second-order valence-electron chi connectivity index (χ2n) is 5.85. The van der Waals surface area contributed by atoms with Gasteiger partial charge in [0.2, 0.25) is 16.5 Å². The molecule has 2 aromatic heterocycles. The Morgan fingerprint density at radius 3 is 2.68 bits per heavy atom. The van der Waals surface area contributed by atoms with E-state index in [1.165, 1.54) is 11.3 Å². The van der Waals surface area contributed by atoms with Crippen molar-refractivity contribution in [2.24, 2.45) is 4.99 Å². The van der Waals surface area contributed by atoms with Crippen molar-refractivity contribution in [1.82, 2.24) is 14.4 Å². The lowest BCUT2D eigenvalue weighted by atomic mass is 10.3. The van der Waals surface area contributed by atoms with Gasteiger partial charge in [0.15, 0.2) is 0 Å². The lowest BCUT2D eigenvalue weighted by Gasteiger charge is -2.09. The number of ether oxygens (including phenoxy) is 1. The summed E-state index contributed by atoms with van der Waals surface area (Å²) in [5.41, 5.74) is 8.18. The highest BCUT2D eigenvalue weighted by molar-refractivity contribution is 7.23. The fourth-order valence-corrected chi connectivity index (χ4v) is 3.63. The number of nitrogens with two attached hydrogens (primary N) is 1. The Kier molecular flexibility index (Phi) is 3.85. The molecule has 0 saturated carbocycles. The van der Waals surface area contributed by atoms with Gasteiger partial charge in [0.1, 0.15) is 5.75 Å². The highest BCUT2D eigenvalue weighted by Crippen LogP contribution is 2.28. The minimum atomic E-state index is 0.124. The molecule has 0 saturated heterocycles. The van der Waals surface area contributed by atoms with E-state index in [0.717, 1.165) is 26.6 Å². The highest BCUT2D eigenvalue weighted by Gasteiger charge is 2.10. The molecule has 0 bridgehead atoms. The lowest BCUT2D eigenvalue weighted by molar-refractivity contribution is 0.243. The summed E-state index contributed by atoms with van der Waals surface area (Å²) in [4.78, 5) is 14.1. The quantitative estimate of drug-likeness (QED) is 0.612. The Morgan fingerprint density at radius 1 is 1.12 bits per heavy atom. The third-order valence-corrected chi connectivity index (χ3v) is 4.55. The van der Waals surface area contributed by atoms with E-state index >= 15 is 0 Å². The number of hydrogen-bond donors (Lipinski definition) is 1. The molecule has 0 aliphatic heterocycles. The zero-order chi connectivity index (χ0) is 17.4. The number of hydrogen-bond acceptors (Lipinski definition) is 6. The molecule has 0 aliphatic rings. The first-order chi connectivity index (χ1) is 12.1. The standard InChI is InChI=1S/C18H17N5OS/c1-11(2)24-13-8-9-14-15(10-13)25-18-22-16(19)21-17(23(14)18)20-12-6-4-3-5-7-12/h3-11H,1-2H3,(H2,19,20,21). The Labute approximate surface area is 148 Å². The monoisotopic (exact) mass is 351 g/mol. The second kappa shape index (κ2) is 6.18. The third kappa shape index (κ3) is 3.06. The Hall–Kier alpha value is -2.93. The molecular formula is C18H17N5OS. The van der Waals surface area contributed by atoms with Gasteiger partial charge in [0, 0.05) is 0 Å². The Balaban J connectivity index is 1.98. The van der Waals surface area contributed by atoms with Gasteiger partial charge in [0.05, 0.1) is 22.0 Å². The summed E-state index contributed by atoms with van der Waals surface area (Å²) in [6.07, 6.45) is 0.124. The number of fused-ring (bicyclic) bond motifs is 3. The fourth-order valence-electron chi connectivity index (χ4n) is 2.59. The van der Waals surface area contributed by atoms with Gasteiger partial charge in [-0.1, -0.05) is 29.5 Å². The van der Waals surface area contributed by atoms with Crippen molar-refractivity contribution >= 4 is 38.2 Å². The predicted octanol–water partition coefficient (Wildman–Crippen LogP) is 3.55. The maximum absolute atomic E-state index is 5.88. The van der Waals surface area contributed by atoms with E-state index in [1.807, 2.05) is 66.8 Å². The molecule has 2 aromatic carbocycles. The number of thiazole rings is 1. The van der Waals surface area contributed by atoms with Gasteiger partial charge < -0.3 is 10.5 Å². The molecule has 2 N–H and O–H groups in total. The van der Waals surface area contributed by atoms with Crippen molar-refractivity contribution in [2.75, 3.05) is 5.73 Å². The average molecular weight is 351 g/mol. The smallest absolute Gasteiger partial charge is 0.240 e. The van der Waals surface area contributed by atoms with Crippen molar-refractivity contribution in [2.45, 2.75) is 20.0 Å². The number of para-hydroxylation sites is 1. The highest BCUT2D eigenvalue weighted by atomic mass is 32.1. The van der Waals surface area contributed by atoms with Crippen LogP contribution in [0.25, 0.3) is 15.2 Å². The van der Waals surface area contributed by atoms with Gasteiger partial charge in [-0.15, -0.1) is 0 Å². The van der Waals surface area contributed by atoms with Gasteiger partial charge in [-0.05, 0) is 44.2 Å². The predicted molar refractivity (Wildman–Crippen MR) is 100 cm³/mol. The Bertz CT molecular complexity index is 1110. The van der Waals surface area contributed by atoms with Crippen LogP contribution in [0.15, 0.2) is 53.5 Å². The first-order valence-corrected chi connectivity index (χ1v) is 8.77. The zero-order valence-electron chi connectivity index (χ0n) is 13.9. The third-order valence-electron chi connectivity index (χ3n) is 3.55. The molecule has 0 fully saturated rings. The van der Waals surface area contributed by atoms with E-state index in [0.29, 0.717) is 5.62 Å². The molecule has 4 rings (SSSR count). The summed E-state index contributed by atoms with van der Waals surface area (Å²) >= 11 is 1.53. The summed E-state index contributed by atoms with van der Waals surface area (Å²) in [5, 5.41) is 0. The molecule has 0 radical (unpaired) electrons. The van der Waals surface area contributed by atoms with Crippen LogP contribution < -0.4 is 16.1 Å². The van der Waals surface area contributed by atoms with E-state index in [1.54, 1.807) is 0 Å². The normalized spacial score (nSPS) is 12.4. The first-order valence-electron chi connectivity index (χ1n) is 7.95. The second-order valence-corrected chi connectivity index (χ2v) is 6.85.